The molecule has 1 aromatic rings. The van der Waals surface area contributed by atoms with Crippen LogP contribution < -0.4 is 15.8 Å². The quantitative estimate of drug-likeness (QED) is 0.752. The number of nitrogens with one attached hydrogen (secondary N) is 1. The van der Waals surface area contributed by atoms with Crippen LogP contribution in [-0.4, -0.2) is 19.1 Å². The van der Waals surface area contributed by atoms with Crippen molar-refractivity contribution < 1.29 is 9.53 Å². The topological polar surface area (TPSA) is 64.4 Å². The van der Waals surface area contributed by atoms with E-state index in [2.05, 4.69) is 12.2 Å². The van der Waals surface area contributed by atoms with Gasteiger partial charge in [-0.05, 0) is 43.7 Å². The number of amides is 1. The van der Waals surface area contributed by atoms with Gasteiger partial charge in [0.25, 0.3) is 5.91 Å². The van der Waals surface area contributed by atoms with Gasteiger partial charge in [0.15, 0.2) is 0 Å². The number of hydrogen-bond acceptors (Lipinski definition) is 3. The van der Waals surface area contributed by atoms with Crippen molar-refractivity contribution in [3.8, 4) is 5.75 Å². The van der Waals surface area contributed by atoms with Gasteiger partial charge in [0.1, 0.15) is 11.3 Å². The SMILES string of the molecule is CCCC1(CNC(=O)c2c(N)cccc2OCC)CC1. The molecule has 1 saturated carbocycles. The fraction of sp³-hybridized carbons (Fsp3) is 0.562. The second-order valence-corrected chi connectivity index (χ2v) is 5.59. The molecule has 20 heavy (non-hydrogen) atoms. The Labute approximate surface area is 120 Å². The van der Waals surface area contributed by atoms with Gasteiger partial charge in [0.2, 0.25) is 0 Å². The molecule has 0 atom stereocenters. The highest BCUT2D eigenvalue weighted by Gasteiger charge is 2.41. The third kappa shape index (κ3) is 3.24. The lowest BCUT2D eigenvalue weighted by Crippen LogP contribution is -2.31. The van der Waals surface area contributed by atoms with Crippen LogP contribution in [0.4, 0.5) is 5.69 Å². The van der Waals surface area contributed by atoms with E-state index in [9.17, 15) is 4.79 Å². The van der Waals surface area contributed by atoms with Crippen molar-refractivity contribution in [2.45, 2.75) is 39.5 Å². The molecular formula is C16H24N2O2. The summed E-state index contributed by atoms with van der Waals surface area (Å²) in [5.74, 6) is 0.430. The molecule has 1 aliphatic rings. The van der Waals surface area contributed by atoms with Gasteiger partial charge >= 0.3 is 0 Å². The van der Waals surface area contributed by atoms with Gasteiger partial charge in [-0.1, -0.05) is 19.4 Å². The number of carbonyl (C=O) groups is 1. The maximum Gasteiger partial charge on any atom is 0.257 e. The number of anilines is 1. The summed E-state index contributed by atoms with van der Waals surface area (Å²) in [7, 11) is 0. The molecule has 4 heteroatoms. The molecule has 0 radical (unpaired) electrons. The maximum atomic E-state index is 12.4. The van der Waals surface area contributed by atoms with Gasteiger partial charge in [-0.2, -0.15) is 0 Å². The Kier molecular flexibility index (Phi) is 4.53. The van der Waals surface area contributed by atoms with Gasteiger partial charge in [0.05, 0.1) is 6.61 Å². The molecule has 2 rings (SSSR count). The highest BCUT2D eigenvalue weighted by molar-refractivity contribution is 6.01. The van der Waals surface area contributed by atoms with Crippen molar-refractivity contribution in [2.75, 3.05) is 18.9 Å². The number of hydrogen-bond donors (Lipinski definition) is 2. The number of carbonyl (C=O) groups excluding carboxylic acids is 1. The monoisotopic (exact) mass is 276 g/mol. The molecule has 0 saturated heterocycles. The molecule has 0 aliphatic heterocycles. The van der Waals surface area contributed by atoms with Crippen LogP contribution in [0.5, 0.6) is 5.75 Å². The lowest BCUT2D eigenvalue weighted by atomic mass is 10.0. The third-order valence-corrected chi connectivity index (χ3v) is 3.95. The van der Waals surface area contributed by atoms with E-state index in [4.69, 9.17) is 10.5 Å². The summed E-state index contributed by atoms with van der Waals surface area (Å²) in [6, 6.07) is 5.32. The Hall–Kier alpha value is -1.71. The fourth-order valence-corrected chi connectivity index (χ4v) is 2.65. The van der Waals surface area contributed by atoms with E-state index in [0.29, 0.717) is 29.0 Å². The van der Waals surface area contributed by atoms with Gasteiger partial charge < -0.3 is 15.8 Å². The molecule has 110 valence electrons. The van der Waals surface area contributed by atoms with Crippen LogP contribution in [0.3, 0.4) is 0 Å². The van der Waals surface area contributed by atoms with Gasteiger partial charge in [0, 0.05) is 12.2 Å². The summed E-state index contributed by atoms with van der Waals surface area (Å²) in [5, 5.41) is 3.03. The fourth-order valence-electron chi connectivity index (χ4n) is 2.65. The average Bonchev–Trinajstić information content (AvgIpc) is 3.17. The number of nitrogen functional groups attached to an aromatic ring is 1. The van der Waals surface area contributed by atoms with Gasteiger partial charge in [-0.25, -0.2) is 0 Å². The van der Waals surface area contributed by atoms with Gasteiger partial charge in [-0.15, -0.1) is 0 Å². The van der Waals surface area contributed by atoms with Gasteiger partial charge in [-0.3, -0.25) is 4.79 Å². The highest BCUT2D eigenvalue weighted by Crippen LogP contribution is 2.49. The second-order valence-electron chi connectivity index (χ2n) is 5.59. The molecule has 0 heterocycles. The van der Waals surface area contributed by atoms with E-state index in [-0.39, 0.29) is 5.91 Å². The lowest BCUT2D eigenvalue weighted by molar-refractivity contribution is 0.0941. The van der Waals surface area contributed by atoms with Crippen LogP contribution >= 0.6 is 0 Å². The first-order valence-electron chi connectivity index (χ1n) is 7.41. The zero-order chi connectivity index (χ0) is 14.6. The predicted molar refractivity (Wildman–Crippen MR) is 80.9 cm³/mol. The third-order valence-electron chi connectivity index (χ3n) is 3.95. The summed E-state index contributed by atoms with van der Waals surface area (Å²) in [4.78, 5) is 12.4. The minimum absolute atomic E-state index is 0.131. The van der Waals surface area contributed by atoms with Crippen LogP contribution in [0.25, 0.3) is 0 Å². The Morgan fingerprint density at radius 3 is 2.75 bits per heavy atom. The van der Waals surface area contributed by atoms with Crippen molar-refractivity contribution in [3.63, 3.8) is 0 Å². The highest BCUT2D eigenvalue weighted by atomic mass is 16.5. The zero-order valence-electron chi connectivity index (χ0n) is 12.4. The van der Waals surface area contributed by atoms with Crippen molar-refractivity contribution in [1.82, 2.24) is 5.32 Å². The molecule has 0 bridgehead atoms. The standard InChI is InChI=1S/C16H24N2O2/c1-3-8-16(9-10-16)11-18-15(19)14-12(17)6-5-7-13(14)20-4-2/h5-7H,3-4,8-11,17H2,1-2H3,(H,18,19). The number of rotatable bonds is 7. The maximum absolute atomic E-state index is 12.4. The number of nitrogens with two attached hydrogens (primary N) is 1. The Bertz CT molecular complexity index is 481. The smallest absolute Gasteiger partial charge is 0.257 e. The summed E-state index contributed by atoms with van der Waals surface area (Å²) in [6.45, 7) is 5.33. The molecule has 1 aliphatic carbocycles. The predicted octanol–water partition coefficient (Wildman–Crippen LogP) is 2.98. The molecule has 1 fully saturated rings. The minimum atomic E-state index is -0.131. The zero-order valence-corrected chi connectivity index (χ0v) is 12.4. The normalized spacial score (nSPS) is 15.7. The molecule has 0 spiro atoms. The van der Waals surface area contributed by atoms with Crippen molar-refractivity contribution >= 4 is 11.6 Å². The van der Waals surface area contributed by atoms with Crippen LogP contribution in [0.15, 0.2) is 18.2 Å². The van der Waals surface area contributed by atoms with E-state index >= 15 is 0 Å². The van der Waals surface area contributed by atoms with Crippen LogP contribution in [-0.2, 0) is 0 Å². The Morgan fingerprint density at radius 2 is 2.15 bits per heavy atom. The first kappa shape index (κ1) is 14.7. The molecule has 0 aromatic heterocycles. The van der Waals surface area contributed by atoms with E-state index in [1.807, 2.05) is 6.92 Å². The van der Waals surface area contributed by atoms with Crippen molar-refractivity contribution in [2.24, 2.45) is 5.41 Å². The molecule has 4 nitrogen and oxygen atoms in total. The van der Waals surface area contributed by atoms with Crippen molar-refractivity contribution in [1.29, 1.82) is 0 Å². The summed E-state index contributed by atoms with van der Waals surface area (Å²) in [5.41, 5.74) is 7.18. The first-order valence-corrected chi connectivity index (χ1v) is 7.41. The summed E-state index contributed by atoms with van der Waals surface area (Å²) >= 11 is 0. The van der Waals surface area contributed by atoms with E-state index < -0.39 is 0 Å². The second kappa shape index (κ2) is 6.16. The molecule has 3 N–H and O–H groups in total. The molecule has 1 aromatic carbocycles. The van der Waals surface area contributed by atoms with E-state index in [1.54, 1.807) is 18.2 Å². The van der Waals surface area contributed by atoms with E-state index in [0.717, 1.165) is 13.0 Å². The Balaban J connectivity index is 2.05. The summed E-state index contributed by atoms with van der Waals surface area (Å²) in [6.07, 6.45) is 4.76. The Morgan fingerprint density at radius 1 is 1.40 bits per heavy atom. The van der Waals surface area contributed by atoms with Crippen LogP contribution in [0, 0.1) is 5.41 Å². The average molecular weight is 276 g/mol. The van der Waals surface area contributed by atoms with Crippen LogP contribution in [0.2, 0.25) is 0 Å². The molecule has 1 amide bonds. The minimum Gasteiger partial charge on any atom is -0.493 e. The van der Waals surface area contributed by atoms with Crippen LogP contribution in [0.1, 0.15) is 49.9 Å². The largest absolute Gasteiger partial charge is 0.493 e. The van der Waals surface area contributed by atoms with Crippen molar-refractivity contribution in [3.05, 3.63) is 23.8 Å². The number of benzene rings is 1. The molecular weight excluding hydrogens is 252 g/mol. The van der Waals surface area contributed by atoms with E-state index in [1.165, 1.54) is 19.3 Å². The lowest BCUT2D eigenvalue weighted by Gasteiger charge is -2.17. The molecule has 0 unspecified atom stereocenters. The number of ether oxygens (including phenoxy) is 1. The first-order chi connectivity index (χ1) is 9.62. The summed E-state index contributed by atoms with van der Waals surface area (Å²) < 4.78 is 5.49.